The lowest BCUT2D eigenvalue weighted by Gasteiger charge is -1.98. The number of hydrogen-bond donors (Lipinski definition) is 0. The summed E-state index contributed by atoms with van der Waals surface area (Å²) in [6, 6.07) is 46.5. The van der Waals surface area contributed by atoms with Crippen LogP contribution in [0.15, 0.2) is 133 Å². The lowest BCUT2D eigenvalue weighted by atomic mass is 10.1. The lowest BCUT2D eigenvalue weighted by molar-refractivity contribution is 1.24. The zero-order chi connectivity index (χ0) is 22.6. The monoisotopic (exact) mass is 444 g/mol. The average molecular weight is 445 g/mol. The number of rotatable bonds is 6. The van der Waals surface area contributed by atoms with Gasteiger partial charge in [0.1, 0.15) is 0 Å². The summed E-state index contributed by atoms with van der Waals surface area (Å²) in [7, 11) is 0. The summed E-state index contributed by atoms with van der Waals surface area (Å²) in [5.41, 5.74) is 5.24. The Hall–Kier alpha value is -3.68. The standard InChI is InChI=1S/C18H16S.C14H12/c1-3-7-15(8-4-1)13-17-11-12-18(19-17)14-16-9-5-2-6-10-16;1-3-7-13(8-4-1)11-12-14-9-5-2-6-10-14/h1-12H,13-14H2;1-12H. The Morgan fingerprint density at radius 1 is 0.394 bits per heavy atom. The molecule has 0 nitrogen and oxygen atoms in total. The van der Waals surface area contributed by atoms with Gasteiger partial charge in [0.15, 0.2) is 0 Å². The van der Waals surface area contributed by atoms with Crippen LogP contribution in [-0.2, 0) is 12.8 Å². The second kappa shape index (κ2) is 12.4. The van der Waals surface area contributed by atoms with Gasteiger partial charge in [-0.15, -0.1) is 11.3 Å². The molecule has 0 fully saturated rings. The maximum atomic E-state index is 2.26. The Kier molecular flexibility index (Phi) is 8.45. The highest BCUT2D eigenvalue weighted by Crippen LogP contribution is 2.22. The average Bonchev–Trinajstić information content (AvgIpc) is 3.32. The van der Waals surface area contributed by atoms with E-state index in [0.29, 0.717) is 0 Å². The second-order valence-corrected chi connectivity index (χ2v) is 9.10. The Morgan fingerprint density at radius 3 is 1.09 bits per heavy atom. The van der Waals surface area contributed by atoms with Crippen LogP contribution in [0.4, 0.5) is 0 Å². The van der Waals surface area contributed by atoms with E-state index < -0.39 is 0 Å². The fraction of sp³-hybridized carbons (Fsp3) is 0.0625. The molecule has 0 N–H and O–H groups in total. The first-order valence-corrected chi connectivity index (χ1v) is 12.1. The van der Waals surface area contributed by atoms with Crippen LogP contribution in [0.2, 0.25) is 0 Å². The highest BCUT2D eigenvalue weighted by atomic mass is 32.1. The molecule has 0 spiro atoms. The fourth-order valence-electron chi connectivity index (χ4n) is 3.53. The fourth-order valence-corrected chi connectivity index (χ4v) is 4.61. The molecule has 0 aliphatic carbocycles. The first-order valence-electron chi connectivity index (χ1n) is 11.3. The minimum absolute atomic E-state index is 1.04. The molecule has 5 aromatic rings. The molecule has 0 saturated carbocycles. The van der Waals surface area contributed by atoms with Crippen LogP contribution in [-0.4, -0.2) is 0 Å². The van der Waals surface area contributed by atoms with E-state index in [9.17, 15) is 0 Å². The van der Waals surface area contributed by atoms with Crippen molar-refractivity contribution >= 4 is 23.5 Å². The van der Waals surface area contributed by atoms with Crippen LogP contribution in [0.5, 0.6) is 0 Å². The highest BCUT2D eigenvalue weighted by Gasteiger charge is 2.02. The number of benzene rings is 4. The maximum absolute atomic E-state index is 2.26. The van der Waals surface area contributed by atoms with Crippen LogP contribution < -0.4 is 0 Å². The first kappa shape index (κ1) is 22.5. The molecular formula is C32H28S. The van der Waals surface area contributed by atoms with Crippen LogP contribution in [0.1, 0.15) is 32.0 Å². The van der Waals surface area contributed by atoms with E-state index in [1.807, 2.05) is 47.7 Å². The molecule has 162 valence electrons. The molecule has 0 unspecified atom stereocenters. The third kappa shape index (κ3) is 7.75. The van der Waals surface area contributed by atoms with Gasteiger partial charge in [-0.1, -0.05) is 133 Å². The minimum atomic E-state index is 1.04. The van der Waals surface area contributed by atoms with Gasteiger partial charge in [0.2, 0.25) is 0 Å². The van der Waals surface area contributed by atoms with Crippen molar-refractivity contribution in [2.45, 2.75) is 12.8 Å². The smallest absolute Gasteiger partial charge is 0.00921 e. The molecule has 0 radical (unpaired) electrons. The normalized spacial score (nSPS) is 10.5. The third-order valence-electron chi connectivity index (χ3n) is 5.23. The minimum Gasteiger partial charge on any atom is -0.145 e. The van der Waals surface area contributed by atoms with Crippen molar-refractivity contribution < 1.29 is 0 Å². The second-order valence-electron chi connectivity index (χ2n) is 7.85. The molecule has 0 amide bonds. The van der Waals surface area contributed by atoms with Crippen molar-refractivity contribution in [1.82, 2.24) is 0 Å². The lowest BCUT2D eigenvalue weighted by Crippen LogP contribution is -1.83. The summed E-state index contributed by atoms with van der Waals surface area (Å²) in [5.74, 6) is 0. The van der Waals surface area contributed by atoms with Gasteiger partial charge in [0.05, 0.1) is 0 Å². The summed E-state index contributed by atoms with van der Waals surface area (Å²) < 4.78 is 0. The quantitative estimate of drug-likeness (QED) is 0.230. The Bertz CT molecular complexity index is 1120. The van der Waals surface area contributed by atoms with Crippen molar-refractivity contribution in [3.05, 3.63) is 165 Å². The molecule has 0 saturated heterocycles. The van der Waals surface area contributed by atoms with Gasteiger partial charge in [0, 0.05) is 22.6 Å². The van der Waals surface area contributed by atoms with E-state index >= 15 is 0 Å². The van der Waals surface area contributed by atoms with Crippen molar-refractivity contribution in [1.29, 1.82) is 0 Å². The topological polar surface area (TPSA) is 0 Å². The SMILES string of the molecule is C(=Cc1ccccc1)c1ccccc1.c1ccc(Cc2ccc(Cc3ccccc3)s2)cc1. The van der Waals surface area contributed by atoms with Crippen LogP contribution >= 0.6 is 11.3 Å². The van der Waals surface area contributed by atoms with Crippen molar-refractivity contribution in [3.63, 3.8) is 0 Å². The summed E-state index contributed by atoms with van der Waals surface area (Å²) in [6.45, 7) is 0. The molecule has 0 aliphatic heterocycles. The largest absolute Gasteiger partial charge is 0.145 e. The van der Waals surface area contributed by atoms with Gasteiger partial charge < -0.3 is 0 Å². The molecule has 1 aromatic heterocycles. The van der Waals surface area contributed by atoms with Crippen molar-refractivity contribution in [2.24, 2.45) is 0 Å². The summed E-state index contributed by atoms with van der Waals surface area (Å²) in [6.07, 6.45) is 6.32. The first-order chi connectivity index (χ1) is 16.3. The summed E-state index contributed by atoms with van der Waals surface area (Å²) >= 11 is 1.92. The van der Waals surface area contributed by atoms with Crippen molar-refractivity contribution in [2.75, 3.05) is 0 Å². The summed E-state index contributed by atoms with van der Waals surface area (Å²) in [4.78, 5) is 2.88. The number of thiophene rings is 1. The van der Waals surface area contributed by atoms with Gasteiger partial charge in [-0.05, 0) is 34.4 Å². The molecule has 0 aliphatic rings. The zero-order valence-electron chi connectivity index (χ0n) is 18.7. The predicted molar refractivity (Wildman–Crippen MR) is 145 cm³/mol. The molecular weight excluding hydrogens is 416 g/mol. The van der Waals surface area contributed by atoms with E-state index in [2.05, 4.69) is 109 Å². The predicted octanol–water partition coefficient (Wildman–Crippen LogP) is 8.79. The summed E-state index contributed by atoms with van der Waals surface area (Å²) in [5, 5.41) is 0. The van der Waals surface area contributed by atoms with E-state index in [0.717, 1.165) is 12.8 Å². The van der Waals surface area contributed by atoms with Gasteiger partial charge in [-0.2, -0.15) is 0 Å². The van der Waals surface area contributed by atoms with Crippen LogP contribution in [0.3, 0.4) is 0 Å². The van der Waals surface area contributed by atoms with Crippen LogP contribution in [0.25, 0.3) is 12.2 Å². The Labute approximate surface area is 201 Å². The van der Waals surface area contributed by atoms with E-state index in [-0.39, 0.29) is 0 Å². The third-order valence-corrected chi connectivity index (χ3v) is 6.31. The molecule has 33 heavy (non-hydrogen) atoms. The van der Waals surface area contributed by atoms with E-state index in [4.69, 9.17) is 0 Å². The van der Waals surface area contributed by atoms with Crippen molar-refractivity contribution in [3.8, 4) is 0 Å². The molecule has 1 heteroatoms. The molecule has 5 rings (SSSR count). The maximum Gasteiger partial charge on any atom is 0.00921 e. The highest BCUT2D eigenvalue weighted by molar-refractivity contribution is 7.12. The number of hydrogen-bond acceptors (Lipinski definition) is 1. The molecule has 4 aromatic carbocycles. The van der Waals surface area contributed by atoms with Gasteiger partial charge in [-0.3, -0.25) is 0 Å². The van der Waals surface area contributed by atoms with E-state index in [1.54, 1.807) is 0 Å². The van der Waals surface area contributed by atoms with Gasteiger partial charge in [-0.25, -0.2) is 0 Å². The Balaban J connectivity index is 0.000000165. The zero-order valence-corrected chi connectivity index (χ0v) is 19.5. The molecule has 0 atom stereocenters. The van der Waals surface area contributed by atoms with E-state index in [1.165, 1.54) is 32.0 Å². The van der Waals surface area contributed by atoms with Crippen LogP contribution in [0, 0.1) is 0 Å². The Morgan fingerprint density at radius 2 is 0.727 bits per heavy atom. The van der Waals surface area contributed by atoms with Gasteiger partial charge >= 0.3 is 0 Å². The van der Waals surface area contributed by atoms with Gasteiger partial charge in [0.25, 0.3) is 0 Å². The molecule has 1 heterocycles. The molecule has 0 bridgehead atoms.